The van der Waals surface area contributed by atoms with E-state index >= 15 is 0 Å². The number of carbonyl (C=O) groups is 4. The van der Waals surface area contributed by atoms with Crippen LogP contribution in [0.3, 0.4) is 0 Å². The Kier molecular flexibility index (Phi) is 8.60. The third-order valence-electron chi connectivity index (χ3n) is 3.53. The molecule has 6 unspecified atom stereocenters. The quantitative estimate of drug-likeness (QED) is 0.424. The summed E-state index contributed by atoms with van der Waals surface area (Å²) in [6.45, 7) is 3.77. The minimum atomic E-state index is -1.35. The van der Waals surface area contributed by atoms with Crippen LogP contribution in [0.2, 0.25) is 0 Å². The largest absolute Gasteiger partial charge is 0.457 e. The molecule has 0 bridgehead atoms. The fraction of sp³-hybridized carbons (Fsp3) is 0.750. The maximum atomic E-state index is 11.6. The summed E-state index contributed by atoms with van der Waals surface area (Å²) in [7, 11) is 1.25. The van der Waals surface area contributed by atoms with E-state index in [2.05, 4.69) is 0 Å². The smallest absolute Gasteiger partial charge is 0.303 e. The Labute approximate surface area is 155 Å². The molecule has 27 heavy (non-hydrogen) atoms. The van der Waals surface area contributed by atoms with E-state index < -0.39 is 67.3 Å². The number of ether oxygens (including phenoxy) is 6. The van der Waals surface area contributed by atoms with Crippen LogP contribution in [0.5, 0.6) is 0 Å². The van der Waals surface area contributed by atoms with Gasteiger partial charge in [-0.15, -0.1) is 0 Å². The number of hydrogen-bond donors (Lipinski definition) is 1. The topological polar surface area (TPSA) is 144 Å². The predicted octanol–water partition coefficient (Wildman–Crippen LogP) is -0.923. The monoisotopic (exact) mass is 392 g/mol. The van der Waals surface area contributed by atoms with E-state index in [1.165, 1.54) is 7.11 Å². The number of rotatable bonds is 7. The minimum Gasteiger partial charge on any atom is -0.457 e. The summed E-state index contributed by atoms with van der Waals surface area (Å²) in [5, 5.41) is 9.59. The van der Waals surface area contributed by atoms with Crippen LogP contribution < -0.4 is 0 Å². The number of hydrogen-bond acceptors (Lipinski definition) is 11. The molecule has 11 nitrogen and oxygen atoms in total. The van der Waals surface area contributed by atoms with Gasteiger partial charge in [-0.1, -0.05) is 0 Å². The number of carbonyl (C=O) groups excluding carboxylic acids is 4. The second-order valence-corrected chi connectivity index (χ2v) is 5.76. The molecule has 6 atom stereocenters. The maximum Gasteiger partial charge on any atom is 0.303 e. The number of aliphatic hydroxyl groups is 1. The standard InChI is InChI=1S/C16H24O11/c1-7(18)23-11(6-17)12-13(24-8(2)19)14(25-9(3)20)15(26-10(4)21)16(22-5)27-12/h11-17H,6H2,1-5H3. The van der Waals surface area contributed by atoms with Gasteiger partial charge < -0.3 is 33.5 Å². The van der Waals surface area contributed by atoms with Crippen molar-refractivity contribution in [2.24, 2.45) is 0 Å². The van der Waals surface area contributed by atoms with Gasteiger partial charge in [-0.05, 0) is 0 Å². The summed E-state index contributed by atoms with van der Waals surface area (Å²) in [6.07, 6.45) is -7.72. The molecule has 1 N–H and O–H groups in total. The predicted molar refractivity (Wildman–Crippen MR) is 85.0 cm³/mol. The molecule has 0 aromatic carbocycles. The van der Waals surface area contributed by atoms with Crippen molar-refractivity contribution in [1.29, 1.82) is 0 Å². The maximum absolute atomic E-state index is 11.6. The Morgan fingerprint density at radius 3 is 1.74 bits per heavy atom. The molecule has 11 heteroatoms. The fourth-order valence-corrected chi connectivity index (χ4v) is 2.71. The van der Waals surface area contributed by atoms with E-state index in [9.17, 15) is 24.3 Å². The SMILES string of the molecule is COC1OC(C(CO)OC(C)=O)C(OC(C)=O)C(OC(C)=O)C1OC(C)=O. The lowest BCUT2D eigenvalue weighted by Gasteiger charge is -2.45. The molecule has 1 rings (SSSR count). The van der Waals surface area contributed by atoms with Crippen molar-refractivity contribution < 1.29 is 52.7 Å². The molecular weight excluding hydrogens is 368 g/mol. The lowest BCUT2D eigenvalue weighted by atomic mass is 9.94. The van der Waals surface area contributed by atoms with E-state index in [4.69, 9.17) is 28.4 Å². The highest BCUT2D eigenvalue weighted by atomic mass is 16.7. The number of aliphatic hydroxyl groups excluding tert-OH is 1. The molecule has 0 amide bonds. The number of methoxy groups -OCH3 is 1. The third kappa shape index (κ3) is 6.45. The van der Waals surface area contributed by atoms with Crippen LogP contribution in [0.25, 0.3) is 0 Å². The zero-order chi connectivity index (χ0) is 20.7. The Balaban J connectivity index is 3.36. The van der Waals surface area contributed by atoms with E-state index in [0.29, 0.717) is 0 Å². The van der Waals surface area contributed by atoms with Gasteiger partial charge in [-0.25, -0.2) is 0 Å². The second-order valence-electron chi connectivity index (χ2n) is 5.76. The summed E-state index contributed by atoms with van der Waals surface area (Å²) in [4.78, 5) is 45.9. The van der Waals surface area contributed by atoms with Gasteiger partial charge in [0.25, 0.3) is 0 Å². The molecule has 0 aromatic heterocycles. The van der Waals surface area contributed by atoms with Crippen LogP contribution in [0, 0.1) is 0 Å². The zero-order valence-corrected chi connectivity index (χ0v) is 15.7. The molecule has 0 saturated carbocycles. The first-order valence-corrected chi connectivity index (χ1v) is 8.08. The lowest BCUT2D eigenvalue weighted by molar-refractivity contribution is -0.312. The molecule has 0 radical (unpaired) electrons. The highest BCUT2D eigenvalue weighted by Gasteiger charge is 2.54. The van der Waals surface area contributed by atoms with E-state index in [-0.39, 0.29) is 0 Å². The van der Waals surface area contributed by atoms with Gasteiger partial charge in [0.2, 0.25) is 0 Å². The van der Waals surface area contributed by atoms with Crippen LogP contribution in [0.4, 0.5) is 0 Å². The van der Waals surface area contributed by atoms with E-state index in [0.717, 1.165) is 27.7 Å². The average Bonchev–Trinajstić information content (AvgIpc) is 2.54. The molecule has 154 valence electrons. The van der Waals surface area contributed by atoms with Gasteiger partial charge in [0.1, 0.15) is 6.10 Å². The molecule has 1 saturated heterocycles. The summed E-state index contributed by atoms with van der Waals surface area (Å²) in [5.41, 5.74) is 0. The Bertz CT molecular complexity index is 561. The van der Waals surface area contributed by atoms with Gasteiger partial charge in [0.05, 0.1) is 6.61 Å². The molecule has 1 aliphatic rings. The van der Waals surface area contributed by atoms with Crippen molar-refractivity contribution in [3.63, 3.8) is 0 Å². The molecule has 1 aliphatic heterocycles. The third-order valence-corrected chi connectivity index (χ3v) is 3.53. The average molecular weight is 392 g/mol. The first-order valence-electron chi connectivity index (χ1n) is 8.08. The number of esters is 4. The molecule has 0 spiro atoms. The van der Waals surface area contributed by atoms with Crippen molar-refractivity contribution >= 4 is 23.9 Å². The lowest BCUT2D eigenvalue weighted by Crippen LogP contribution is -2.65. The van der Waals surface area contributed by atoms with Crippen LogP contribution >= 0.6 is 0 Å². The Morgan fingerprint density at radius 1 is 0.852 bits per heavy atom. The second kappa shape index (κ2) is 10.2. The zero-order valence-electron chi connectivity index (χ0n) is 15.7. The van der Waals surface area contributed by atoms with E-state index in [1.807, 2.05) is 0 Å². The molecule has 0 aliphatic carbocycles. The Morgan fingerprint density at radius 2 is 1.33 bits per heavy atom. The molecular formula is C16H24O11. The summed E-state index contributed by atoms with van der Waals surface area (Å²) in [5.74, 6) is -2.96. The first kappa shape index (κ1) is 22.8. The normalized spacial score (nSPS) is 28.6. The first-order chi connectivity index (χ1) is 12.6. The summed E-state index contributed by atoms with van der Waals surface area (Å²) < 4.78 is 31.3. The van der Waals surface area contributed by atoms with Gasteiger partial charge in [0.15, 0.2) is 30.7 Å². The van der Waals surface area contributed by atoms with Gasteiger partial charge >= 0.3 is 23.9 Å². The Hall–Kier alpha value is -2.24. The summed E-state index contributed by atoms with van der Waals surface area (Å²) >= 11 is 0. The molecule has 1 fully saturated rings. The van der Waals surface area contributed by atoms with Crippen molar-refractivity contribution in [2.75, 3.05) is 13.7 Å². The van der Waals surface area contributed by atoms with Crippen molar-refractivity contribution in [3.8, 4) is 0 Å². The van der Waals surface area contributed by atoms with Crippen LogP contribution in [0.15, 0.2) is 0 Å². The molecule has 0 aromatic rings. The van der Waals surface area contributed by atoms with Crippen molar-refractivity contribution in [2.45, 2.75) is 64.5 Å². The van der Waals surface area contributed by atoms with Gasteiger partial charge in [-0.3, -0.25) is 19.2 Å². The van der Waals surface area contributed by atoms with Crippen LogP contribution in [-0.2, 0) is 47.6 Å². The highest BCUT2D eigenvalue weighted by molar-refractivity contribution is 5.68. The molecule has 1 heterocycles. The van der Waals surface area contributed by atoms with Crippen LogP contribution in [0.1, 0.15) is 27.7 Å². The van der Waals surface area contributed by atoms with E-state index in [1.54, 1.807) is 0 Å². The fourth-order valence-electron chi connectivity index (χ4n) is 2.71. The van der Waals surface area contributed by atoms with Gasteiger partial charge in [-0.2, -0.15) is 0 Å². The van der Waals surface area contributed by atoms with Gasteiger partial charge in [0, 0.05) is 34.8 Å². The van der Waals surface area contributed by atoms with Crippen molar-refractivity contribution in [3.05, 3.63) is 0 Å². The summed E-state index contributed by atoms with van der Waals surface area (Å²) in [6, 6.07) is 0. The van der Waals surface area contributed by atoms with Crippen molar-refractivity contribution in [1.82, 2.24) is 0 Å². The highest BCUT2D eigenvalue weighted by Crippen LogP contribution is 2.31. The minimum absolute atomic E-state index is 0.677. The van der Waals surface area contributed by atoms with Crippen LogP contribution in [-0.4, -0.2) is 79.5 Å².